The maximum atomic E-state index is 2.43. The van der Waals surface area contributed by atoms with Gasteiger partial charge in [-0.2, -0.15) is 0 Å². The van der Waals surface area contributed by atoms with E-state index < -0.39 is 0 Å². The second-order valence-electron chi connectivity index (χ2n) is 7.10. The molecule has 1 heterocycles. The van der Waals surface area contributed by atoms with Crippen LogP contribution in [0.1, 0.15) is 30.4 Å². The fourth-order valence-electron chi connectivity index (χ4n) is 4.02. The van der Waals surface area contributed by atoms with Crippen molar-refractivity contribution in [1.29, 1.82) is 0 Å². The van der Waals surface area contributed by atoms with Crippen molar-refractivity contribution in [3.63, 3.8) is 0 Å². The molecular weight excluding hydrogens is 346 g/mol. The summed E-state index contributed by atoms with van der Waals surface area (Å²) in [7, 11) is 0. The quantitative estimate of drug-likeness (QED) is 0.360. The number of allylic oxidation sites excluding steroid dienone is 1. The molecule has 0 amide bonds. The van der Waals surface area contributed by atoms with Gasteiger partial charge in [0.05, 0.1) is 5.69 Å². The number of hydrogen-bond acceptors (Lipinski definition) is 2. The molecule has 1 aromatic heterocycles. The van der Waals surface area contributed by atoms with Crippen molar-refractivity contribution in [2.24, 2.45) is 0 Å². The van der Waals surface area contributed by atoms with E-state index in [2.05, 4.69) is 102 Å². The van der Waals surface area contributed by atoms with Gasteiger partial charge in [-0.3, -0.25) is 0 Å². The largest absolute Gasteiger partial charge is 0.309 e. The summed E-state index contributed by atoms with van der Waals surface area (Å²) in [5, 5.41) is 3.60. The summed E-state index contributed by atoms with van der Waals surface area (Å²) >= 11 is 1.81. The van der Waals surface area contributed by atoms with Crippen molar-refractivity contribution < 1.29 is 0 Å². The van der Waals surface area contributed by atoms with Gasteiger partial charge in [-0.25, -0.2) is 0 Å². The summed E-state index contributed by atoms with van der Waals surface area (Å²) in [6, 6.07) is 28.3. The highest BCUT2D eigenvalue weighted by Gasteiger charge is 2.25. The van der Waals surface area contributed by atoms with Crippen LogP contribution in [-0.4, -0.2) is 0 Å². The normalized spacial score (nSPS) is 16.0. The van der Waals surface area contributed by atoms with Gasteiger partial charge in [-0.15, -0.1) is 11.3 Å². The van der Waals surface area contributed by atoms with Crippen LogP contribution < -0.4 is 4.90 Å². The van der Waals surface area contributed by atoms with E-state index in [9.17, 15) is 0 Å². The highest BCUT2D eigenvalue weighted by atomic mass is 32.1. The van der Waals surface area contributed by atoms with E-state index in [0.717, 1.165) is 6.42 Å². The summed E-state index contributed by atoms with van der Waals surface area (Å²) in [6.45, 7) is 2.32. The summed E-state index contributed by atoms with van der Waals surface area (Å²) in [5.41, 5.74) is 6.54. The molecule has 0 bridgehead atoms. The van der Waals surface area contributed by atoms with Crippen molar-refractivity contribution in [3.05, 3.63) is 101 Å². The molecule has 4 aromatic rings. The molecule has 0 saturated carbocycles. The molecule has 0 fully saturated rings. The molecule has 132 valence electrons. The van der Waals surface area contributed by atoms with Gasteiger partial charge in [-0.1, -0.05) is 73.7 Å². The Morgan fingerprint density at radius 2 is 1.59 bits per heavy atom. The number of nitrogens with zero attached hydrogens (tertiary/aromatic N) is 1. The third kappa shape index (κ3) is 2.77. The molecule has 1 aliphatic carbocycles. The van der Waals surface area contributed by atoms with E-state index in [1.165, 1.54) is 38.3 Å². The van der Waals surface area contributed by atoms with Crippen LogP contribution in [0.25, 0.3) is 15.8 Å². The van der Waals surface area contributed by atoms with Gasteiger partial charge in [-0.05, 0) is 36.1 Å². The number of para-hydroxylation sites is 1. The Balaban J connectivity index is 1.75. The standard InChI is InChI=1S/C25H21NS/c1-18-15-16-23(21-12-6-5-11-20(18)21)26(19-9-3-2-4-10-19)24-17-27-25-14-8-7-13-22(24)25/h2-14,16-18H,15H2,1H3. The minimum atomic E-state index is 0.557. The van der Waals surface area contributed by atoms with Crippen LogP contribution in [-0.2, 0) is 0 Å². The van der Waals surface area contributed by atoms with Crippen molar-refractivity contribution in [1.82, 2.24) is 0 Å². The highest BCUT2D eigenvalue weighted by molar-refractivity contribution is 7.17. The second kappa shape index (κ2) is 6.71. The first kappa shape index (κ1) is 16.3. The number of anilines is 2. The average molecular weight is 368 g/mol. The van der Waals surface area contributed by atoms with Gasteiger partial charge in [0.15, 0.2) is 0 Å². The van der Waals surface area contributed by atoms with Gasteiger partial charge in [0.25, 0.3) is 0 Å². The molecule has 3 aromatic carbocycles. The van der Waals surface area contributed by atoms with Crippen LogP contribution in [0.2, 0.25) is 0 Å². The SMILES string of the molecule is CC1CC=C(N(c2ccccc2)c2csc3ccccc23)c2ccccc21. The van der Waals surface area contributed by atoms with Crippen molar-refractivity contribution >= 4 is 38.5 Å². The summed E-state index contributed by atoms with van der Waals surface area (Å²) in [4.78, 5) is 2.43. The Hall–Kier alpha value is -2.84. The monoisotopic (exact) mass is 367 g/mol. The van der Waals surface area contributed by atoms with Crippen LogP contribution in [0.3, 0.4) is 0 Å². The van der Waals surface area contributed by atoms with Crippen LogP contribution in [0, 0.1) is 0 Å². The van der Waals surface area contributed by atoms with Gasteiger partial charge in [0.2, 0.25) is 0 Å². The van der Waals surface area contributed by atoms with Crippen LogP contribution >= 0.6 is 11.3 Å². The van der Waals surface area contributed by atoms with Crippen LogP contribution in [0.5, 0.6) is 0 Å². The average Bonchev–Trinajstić information content (AvgIpc) is 3.15. The molecule has 5 rings (SSSR count). The summed E-state index contributed by atoms with van der Waals surface area (Å²) in [5.74, 6) is 0.557. The van der Waals surface area contributed by atoms with Crippen LogP contribution in [0.15, 0.2) is 90.3 Å². The molecule has 1 aliphatic rings. The third-order valence-corrected chi connectivity index (χ3v) is 6.34. The Morgan fingerprint density at radius 1 is 0.852 bits per heavy atom. The van der Waals surface area contributed by atoms with Gasteiger partial charge in [0.1, 0.15) is 0 Å². The Kier molecular flexibility index (Phi) is 4.06. The number of benzene rings is 3. The van der Waals surface area contributed by atoms with E-state index in [-0.39, 0.29) is 0 Å². The zero-order valence-electron chi connectivity index (χ0n) is 15.3. The molecule has 1 nitrogen and oxygen atoms in total. The van der Waals surface area contributed by atoms with E-state index in [4.69, 9.17) is 0 Å². The van der Waals surface area contributed by atoms with Crippen molar-refractivity contribution in [2.75, 3.05) is 4.90 Å². The molecule has 1 unspecified atom stereocenters. The molecule has 0 aliphatic heterocycles. The van der Waals surface area contributed by atoms with Gasteiger partial charge >= 0.3 is 0 Å². The van der Waals surface area contributed by atoms with Gasteiger partial charge in [0, 0.05) is 32.4 Å². The lowest BCUT2D eigenvalue weighted by Gasteiger charge is -2.32. The van der Waals surface area contributed by atoms with E-state index in [0.29, 0.717) is 5.92 Å². The first-order valence-electron chi connectivity index (χ1n) is 9.44. The molecule has 0 saturated heterocycles. The van der Waals surface area contributed by atoms with Crippen molar-refractivity contribution in [2.45, 2.75) is 19.3 Å². The zero-order chi connectivity index (χ0) is 18.2. The fourth-order valence-corrected chi connectivity index (χ4v) is 4.95. The molecule has 27 heavy (non-hydrogen) atoms. The van der Waals surface area contributed by atoms with E-state index >= 15 is 0 Å². The number of thiophene rings is 1. The second-order valence-corrected chi connectivity index (χ2v) is 8.01. The number of hydrogen-bond donors (Lipinski definition) is 0. The van der Waals surface area contributed by atoms with Gasteiger partial charge < -0.3 is 4.90 Å². The van der Waals surface area contributed by atoms with Crippen LogP contribution in [0.4, 0.5) is 11.4 Å². The highest BCUT2D eigenvalue weighted by Crippen LogP contribution is 2.45. The number of fused-ring (bicyclic) bond motifs is 2. The zero-order valence-corrected chi connectivity index (χ0v) is 16.1. The molecular formula is C25H21NS. The maximum Gasteiger partial charge on any atom is 0.0647 e. The summed E-state index contributed by atoms with van der Waals surface area (Å²) < 4.78 is 1.33. The Labute approximate surface area is 164 Å². The molecule has 0 N–H and O–H groups in total. The van der Waals surface area contributed by atoms with E-state index in [1.54, 1.807) is 0 Å². The lowest BCUT2D eigenvalue weighted by atomic mass is 9.86. The molecule has 0 spiro atoms. The number of rotatable bonds is 3. The Bertz CT molecular complexity index is 1120. The molecule has 1 atom stereocenters. The first-order valence-corrected chi connectivity index (χ1v) is 10.3. The third-order valence-electron chi connectivity index (χ3n) is 5.39. The summed E-state index contributed by atoms with van der Waals surface area (Å²) in [6.07, 6.45) is 3.48. The topological polar surface area (TPSA) is 3.24 Å². The predicted molar refractivity (Wildman–Crippen MR) is 118 cm³/mol. The lowest BCUT2D eigenvalue weighted by Crippen LogP contribution is -2.19. The minimum absolute atomic E-state index is 0.557. The van der Waals surface area contributed by atoms with Crippen molar-refractivity contribution in [3.8, 4) is 0 Å². The predicted octanol–water partition coefficient (Wildman–Crippen LogP) is 7.59. The Morgan fingerprint density at radius 3 is 2.48 bits per heavy atom. The fraction of sp³-hybridized carbons (Fsp3) is 0.120. The molecule has 2 heteroatoms. The minimum Gasteiger partial charge on any atom is -0.309 e. The first-order chi connectivity index (χ1) is 13.3. The maximum absolute atomic E-state index is 2.43. The smallest absolute Gasteiger partial charge is 0.0647 e. The lowest BCUT2D eigenvalue weighted by molar-refractivity contribution is 0.765. The molecule has 0 radical (unpaired) electrons. The van der Waals surface area contributed by atoms with E-state index in [1.807, 2.05) is 11.3 Å².